The highest BCUT2D eigenvalue weighted by atomic mass is 16.5. The average molecular weight is 237 g/mol. The molecule has 0 spiro atoms. The summed E-state index contributed by atoms with van der Waals surface area (Å²) in [5, 5.41) is 2.90. The number of fused-ring (bicyclic) bond motifs is 2. The smallest absolute Gasteiger partial charge is 0.306 e. The van der Waals surface area contributed by atoms with Crippen molar-refractivity contribution in [2.24, 2.45) is 5.92 Å². The summed E-state index contributed by atoms with van der Waals surface area (Å²) in [6.45, 7) is 0.565. The van der Waals surface area contributed by atoms with Crippen molar-refractivity contribution >= 4 is 11.9 Å². The number of hydrogen-bond acceptors (Lipinski definition) is 3. The van der Waals surface area contributed by atoms with E-state index in [1.807, 2.05) is 12.2 Å². The number of carbonyl (C=O) groups excluding carboxylic acids is 2. The lowest BCUT2D eigenvalue weighted by Gasteiger charge is -2.28. The van der Waals surface area contributed by atoms with Crippen LogP contribution in [0.1, 0.15) is 38.5 Å². The number of nitrogens with one attached hydrogen (secondary N) is 1. The van der Waals surface area contributed by atoms with Crippen molar-refractivity contribution < 1.29 is 14.3 Å². The van der Waals surface area contributed by atoms with Gasteiger partial charge in [-0.1, -0.05) is 12.2 Å². The Hall–Kier alpha value is -1.32. The van der Waals surface area contributed by atoms with Gasteiger partial charge in [0.1, 0.15) is 6.10 Å². The number of esters is 1. The highest BCUT2D eigenvalue weighted by molar-refractivity contribution is 5.79. The predicted molar refractivity (Wildman–Crippen MR) is 63.2 cm³/mol. The van der Waals surface area contributed by atoms with Crippen LogP contribution >= 0.6 is 0 Å². The van der Waals surface area contributed by atoms with Crippen LogP contribution in [0.2, 0.25) is 0 Å². The molecular weight excluding hydrogens is 218 g/mol. The second-order valence-corrected chi connectivity index (χ2v) is 4.73. The molecule has 0 saturated heterocycles. The summed E-state index contributed by atoms with van der Waals surface area (Å²) in [5.41, 5.74) is 0. The molecule has 0 unspecified atom stereocenters. The molecule has 2 bridgehead atoms. The predicted octanol–water partition coefficient (Wildman–Crippen LogP) is 1.55. The van der Waals surface area contributed by atoms with Crippen LogP contribution in [-0.2, 0) is 14.3 Å². The Labute approximate surface area is 101 Å². The SMILES string of the molecule is O=C1CC/C=C/CNC(=O)[C@@H]2CCC[C@@H](C2)O1. The van der Waals surface area contributed by atoms with E-state index in [1.54, 1.807) is 0 Å². The van der Waals surface area contributed by atoms with Crippen molar-refractivity contribution in [3.8, 4) is 0 Å². The molecule has 0 aromatic rings. The Morgan fingerprint density at radius 1 is 1.24 bits per heavy atom. The minimum absolute atomic E-state index is 0.00868. The third kappa shape index (κ3) is 3.58. The maximum Gasteiger partial charge on any atom is 0.306 e. The summed E-state index contributed by atoms with van der Waals surface area (Å²) in [4.78, 5) is 23.4. The van der Waals surface area contributed by atoms with Gasteiger partial charge in [0.25, 0.3) is 0 Å². The fourth-order valence-electron chi connectivity index (χ4n) is 2.44. The van der Waals surface area contributed by atoms with Crippen molar-refractivity contribution in [3.05, 3.63) is 12.2 Å². The van der Waals surface area contributed by atoms with Gasteiger partial charge in [-0.25, -0.2) is 0 Å². The molecule has 4 heteroatoms. The van der Waals surface area contributed by atoms with Crippen molar-refractivity contribution in [3.63, 3.8) is 0 Å². The molecule has 94 valence electrons. The second-order valence-electron chi connectivity index (χ2n) is 4.73. The van der Waals surface area contributed by atoms with E-state index >= 15 is 0 Å². The molecule has 1 aliphatic heterocycles. The Morgan fingerprint density at radius 2 is 2.12 bits per heavy atom. The number of rotatable bonds is 0. The zero-order valence-corrected chi connectivity index (χ0v) is 9.98. The van der Waals surface area contributed by atoms with E-state index in [4.69, 9.17) is 4.74 Å². The molecule has 1 fully saturated rings. The lowest BCUT2D eigenvalue weighted by molar-refractivity contribution is -0.152. The standard InChI is InChI=1S/C13H19NO3/c15-12-7-2-1-3-8-14-13(16)10-5-4-6-11(9-10)17-12/h1,3,10-11H,2,4-9H2,(H,14,16)/b3-1+/t10-,11+/m1/s1. The minimum Gasteiger partial charge on any atom is -0.462 e. The summed E-state index contributed by atoms with van der Waals surface area (Å²) in [6.07, 6.45) is 8.32. The molecule has 17 heavy (non-hydrogen) atoms. The first kappa shape index (κ1) is 12.1. The summed E-state index contributed by atoms with van der Waals surface area (Å²) in [7, 11) is 0. The summed E-state index contributed by atoms with van der Waals surface area (Å²) in [5.74, 6) is -0.0355. The van der Waals surface area contributed by atoms with Crippen molar-refractivity contribution in [2.45, 2.75) is 44.6 Å². The van der Waals surface area contributed by atoms with E-state index in [2.05, 4.69) is 5.32 Å². The molecule has 1 saturated carbocycles. The molecule has 1 aliphatic carbocycles. The van der Waals surface area contributed by atoms with Crippen LogP contribution in [0.25, 0.3) is 0 Å². The maximum atomic E-state index is 11.8. The largest absolute Gasteiger partial charge is 0.462 e. The Bertz CT molecular complexity index is 325. The summed E-state index contributed by atoms with van der Waals surface area (Å²) >= 11 is 0. The monoisotopic (exact) mass is 237 g/mol. The quantitative estimate of drug-likeness (QED) is 0.514. The van der Waals surface area contributed by atoms with E-state index in [0.29, 0.717) is 25.8 Å². The van der Waals surface area contributed by atoms with Gasteiger partial charge in [0.05, 0.1) is 0 Å². The normalized spacial score (nSPS) is 32.7. The van der Waals surface area contributed by atoms with Gasteiger partial charge >= 0.3 is 5.97 Å². The first-order valence-corrected chi connectivity index (χ1v) is 6.38. The van der Waals surface area contributed by atoms with E-state index < -0.39 is 0 Å². The van der Waals surface area contributed by atoms with Crippen LogP contribution < -0.4 is 5.32 Å². The fraction of sp³-hybridized carbons (Fsp3) is 0.692. The van der Waals surface area contributed by atoms with Gasteiger partial charge in [-0.15, -0.1) is 0 Å². The molecule has 1 heterocycles. The van der Waals surface area contributed by atoms with Crippen molar-refractivity contribution in [2.75, 3.05) is 6.54 Å². The first-order chi connectivity index (χ1) is 8.25. The highest BCUT2D eigenvalue weighted by Gasteiger charge is 2.29. The van der Waals surface area contributed by atoms with Gasteiger partial charge in [0.15, 0.2) is 0 Å². The number of ether oxygens (including phenoxy) is 1. The molecular formula is C13H19NO3. The minimum atomic E-state index is -0.138. The Balaban J connectivity index is 2.02. The number of carbonyl (C=O) groups is 2. The number of amides is 1. The number of allylic oxidation sites excluding steroid dienone is 1. The molecule has 0 aromatic heterocycles. The molecule has 2 atom stereocenters. The Kier molecular flexibility index (Phi) is 4.18. The van der Waals surface area contributed by atoms with Crippen LogP contribution in [0.4, 0.5) is 0 Å². The van der Waals surface area contributed by atoms with Crippen LogP contribution in [0.3, 0.4) is 0 Å². The van der Waals surface area contributed by atoms with E-state index in [-0.39, 0.29) is 23.9 Å². The molecule has 0 aromatic carbocycles. The maximum absolute atomic E-state index is 11.8. The molecule has 2 rings (SSSR count). The molecule has 2 aliphatic rings. The lowest BCUT2D eigenvalue weighted by atomic mass is 9.86. The van der Waals surface area contributed by atoms with Crippen LogP contribution in [0.15, 0.2) is 12.2 Å². The zero-order valence-electron chi connectivity index (χ0n) is 9.98. The number of hydrogen-bond donors (Lipinski definition) is 1. The lowest BCUT2D eigenvalue weighted by Crippen LogP contribution is -2.36. The third-order valence-electron chi connectivity index (χ3n) is 3.37. The van der Waals surface area contributed by atoms with Gasteiger partial charge in [0.2, 0.25) is 5.91 Å². The second kappa shape index (κ2) is 5.84. The zero-order chi connectivity index (χ0) is 12.1. The van der Waals surface area contributed by atoms with Crippen molar-refractivity contribution in [1.82, 2.24) is 5.32 Å². The Morgan fingerprint density at radius 3 is 3.00 bits per heavy atom. The summed E-state index contributed by atoms with van der Waals surface area (Å²) in [6, 6.07) is 0. The average Bonchev–Trinajstić information content (AvgIpc) is 2.32. The van der Waals surface area contributed by atoms with Crippen LogP contribution in [0, 0.1) is 5.92 Å². The first-order valence-electron chi connectivity index (χ1n) is 6.38. The van der Waals surface area contributed by atoms with Gasteiger partial charge in [0, 0.05) is 18.9 Å². The van der Waals surface area contributed by atoms with E-state index in [9.17, 15) is 9.59 Å². The van der Waals surface area contributed by atoms with Gasteiger partial charge in [-0.3, -0.25) is 9.59 Å². The molecule has 0 radical (unpaired) electrons. The third-order valence-corrected chi connectivity index (χ3v) is 3.37. The van der Waals surface area contributed by atoms with E-state index in [1.165, 1.54) is 0 Å². The molecule has 1 amide bonds. The fourth-order valence-corrected chi connectivity index (χ4v) is 2.44. The van der Waals surface area contributed by atoms with Gasteiger partial charge in [-0.05, 0) is 32.1 Å². The van der Waals surface area contributed by atoms with Crippen LogP contribution in [-0.4, -0.2) is 24.5 Å². The molecule has 1 N–H and O–H groups in total. The highest BCUT2D eigenvalue weighted by Crippen LogP contribution is 2.27. The van der Waals surface area contributed by atoms with E-state index in [0.717, 1.165) is 19.3 Å². The van der Waals surface area contributed by atoms with Gasteiger partial charge < -0.3 is 10.1 Å². The molecule has 4 nitrogen and oxygen atoms in total. The van der Waals surface area contributed by atoms with Crippen LogP contribution in [0.5, 0.6) is 0 Å². The van der Waals surface area contributed by atoms with Crippen molar-refractivity contribution in [1.29, 1.82) is 0 Å². The van der Waals surface area contributed by atoms with Gasteiger partial charge in [-0.2, -0.15) is 0 Å². The topological polar surface area (TPSA) is 55.4 Å². The summed E-state index contributed by atoms with van der Waals surface area (Å²) < 4.78 is 5.39.